The molecule has 4 amide bonds. The van der Waals surface area contributed by atoms with E-state index in [2.05, 4.69) is 130 Å². The summed E-state index contributed by atoms with van der Waals surface area (Å²) >= 11 is 0. The minimum absolute atomic E-state index is 0.0317. The lowest BCUT2D eigenvalue weighted by molar-refractivity contribution is -0.117. The molecule has 0 radical (unpaired) electrons. The molecular weight excluding hydrogens is 1660 g/mol. The SMILES string of the molecule is O=C(CCCc1ccccc1)Nc1nc2c(nc1/C=C/c1ccccc1)-c1ccccc1CC2.O=C(CCc1ccccc1)Nc1nc2c(nc1/C=C/c1ccccc1)-c1ccccc1CC2.O=C(Cc1ccc2ccccc2c1)Nc1nc2c(nc1/C=C/c1ccccc1)-c1ccccc1CC2.O=C(Cc1ccccc1)Nc1nc2c(nc1/C=C/c1ccccc1)-c1ccccc1CC2. The molecule has 0 unspecified atom stereocenters. The first kappa shape index (κ1) is 88.9. The lowest BCUT2D eigenvalue weighted by atomic mass is 9.92. The van der Waals surface area contributed by atoms with E-state index >= 15 is 0 Å². The topological polar surface area (TPSA) is 220 Å². The summed E-state index contributed by atoms with van der Waals surface area (Å²) < 4.78 is 0. The van der Waals surface area contributed by atoms with Crippen molar-refractivity contribution in [1.29, 1.82) is 0 Å². The van der Waals surface area contributed by atoms with Crippen LogP contribution in [0.25, 0.3) is 104 Å². The van der Waals surface area contributed by atoms with E-state index in [1.807, 2.05) is 291 Å². The number of hydrogen-bond acceptors (Lipinski definition) is 12. The third kappa shape index (κ3) is 23.4. The van der Waals surface area contributed by atoms with Gasteiger partial charge in [-0.2, -0.15) is 0 Å². The highest BCUT2D eigenvalue weighted by atomic mass is 16.2. The van der Waals surface area contributed by atoms with Gasteiger partial charge in [0.1, 0.15) is 22.8 Å². The molecular formula is C119H100N12O4. The molecule has 0 saturated carbocycles. The van der Waals surface area contributed by atoms with Gasteiger partial charge in [-0.05, 0) is 172 Å². The zero-order valence-electron chi connectivity index (χ0n) is 74.9. The number of nitrogens with one attached hydrogen (secondary N) is 4. The third-order valence-electron chi connectivity index (χ3n) is 24.1. The predicted molar refractivity (Wildman–Crippen MR) is 547 cm³/mol. The van der Waals surface area contributed by atoms with E-state index in [-0.39, 0.29) is 30.0 Å². The fourth-order valence-electron chi connectivity index (χ4n) is 17.2. The van der Waals surface area contributed by atoms with Crippen LogP contribution in [0.1, 0.15) is 132 Å². The van der Waals surface area contributed by atoms with Gasteiger partial charge in [-0.15, -0.1) is 0 Å². The van der Waals surface area contributed by atoms with Crippen LogP contribution < -0.4 is 21.3 Å². The van der Waals surface area contributed by atoms with Gasteiger partial charge < -0.3 is 21.3 Å². The zero-order valence-corrected chi connectivity index (χ0v) is 74.9. The highest BCUT2D eigenvalue weighted by Crippen LogP contribution is 2.39. The first-order chi connectivity index (χ1) is 66.5. The van der Waals surface area contributed by atoms with Crippen molar-refractivity contribution in [2.24, 2.45) is 0 Å². The second kappa shape index (κ2) is 43.8. The molecule has 4 aliphatic carbocycles. The van der Waals surface area contributed by atoms with Crippen LogP contribution in [0, 0.1) is 0 Å². The van der Waals surface area contributed by atoms with E-state index in [0.717, 1.165) is 182 Å². The first-order valence-corrected chi connectivity index (χ1v) is 46.2. The molecule has 13 aromatic carbocycles. The van der Waals surface area contributed by atoms with Crippen LogP contribution >= 0.6 is 0 Å². The van der Waals surface area contributed by atoms with Crippen molar-refractivity contribution in [3.63, 3.8) is 0 Å². The quantitative estimate of drug-likeness (QED) is 0.0470. The number of hydrogen-bond donors (Lipinski definition) is 4. The van der Waals surface area contributed by atoms with Gasteiger partial charge in [-0.1, -0.05) is 376 Å². The van der Waals surface area contributed by atoms with Gasteiger partial charge in [0.05, 0.1) is 58.4 Å². The summed E-state index contributed by atoms with van der Waals surface area (Å²) in [6, 6.07) is 118. The summed E-state index contributed by atoms with van der Waals surface area (Å²) in [5.41, 5.74) is 28.2. The van der Waals surface area contributed by atoms with Crippen LogP contribution in [0.5, 0.6) is 0 Å². The minimum Gasteiger partial charge on any atom is -0.309 e. The van der Waals surface area contributed by atoms with E-state index < -0.39 is 0 Å². The number of nitrogens with zero attached hydrogens (tertiary/aromatic N) is 8. The Morgan fingerprint density at radius 3 is 0.852 bits per heavy atom. The van der Waals surface area contributed by atoms with E-state index in [0.29, 0.717) is 71.7 Å². The fraction of sp³-hybridized carbons (Fsp3) is 0.126. The summed E-state index contributed by atoms with van der Waals surface area (Å²) in [7, 11) is 0. The van der Waals surface area contributed by atoms with Crippen LogP contribution in [0.15, 0.2) is 352 Å². The Morgan fingerprint density at radius 1 is 0.230 bits per heavy atom. The Bertz CT molecular complexity index is 7220. The number of anilines is 4. The molecule has 16 nitrogen and oxygen atoms in total. The normalized spacial score (nSPS) is 12.3. The maximum absolute atomic E-state index is 13.1. The smallest absolute Gasteiger partial charge is 0.230 e. The number of aryl methyl sites for hydroxylation is 10. The van der Waals surface area contributed by atoms with Gasteiger partial charge in [0.2, 0.25) is 23.6 Å². The van der Waals surface area contributed by atoms with E-state index in [1.165, 1.54) is 27.8 Å². The molecule has 0 bridgehead atoms. The number of carbonyl (C=O) groups excluding carboxylic acids is 4. The second-order valence-corrected chi connectivity index (χ2v) is 33.7. The highest BCUT2D eigenvalue weighted by Gasteiger charge is 2.28. The van der Waals surface area contributed by atoms with Crippen LogP contribution in [-0.2, 0) is 96.2 Å². The Balaban J connectivity index is 0.000000120. The summed E-state index contributed by atoms with van der Waals surface area (Å²) in [6.45, 7) is 0. The first-order valence-electron chi connectivity index (χ1n) is 46.2. The molecule has 0 atom stereocenters. The van der Waals surface area contributed by atoms with Crippen molar-refractivity contribution in [3.05, 3.63) is 464 Å². The van der Waals surface area contributed by atoms with Gasteiger partial charge in [0.15, 0.2) is 23.3 Å². The molecule has 16 heteroatoms. The molecule has 4 aromatic heterocycles. The molecule has 135 heavy (non-hydrogen) atoms. The number of rotatable bonds is 23. The second-order valence-electron chi connectivity index (χ2n) is 33.7. The monoisotopic (exact) mass is 1760 g/mol. The molecule has 0 saturated heterocycles. The van der Waals surface area contributed by atoms with Crippen LogP contribution in [0.3, 0.4) is 0 Å². The van der Waals surface area contributed by atoms with Gasteiger partial charge in [-0.25, -0.2) is 39.9 Å². The lowest BCUT2D eigenvalue weighted by Crippen LogP contribution is -2.19. The summed E-state index contributed by atoms with van der Waals surface area (Å²) in [6.07, 6.45) is 26.5. The molecule has 17 aromatic rings. The highest BCUT2D eigenvalue weighted by molar-refractivity contribution is 5.97. The fourth-order valence-corrected chi connectivity index (χ4v) is 17.2. The number of amides is 4. The standard InChI is InChI=1S/C32H25N3O.C30H27N3O.C29H25N3O.C28H23N3O/c36-30(21-23-14-16-24-10-4-5-12-26(24)20-23)35-32-29(18-15-22-8-2-1-3-9-22)33-31-27-13-7-6-11-25(27)17-19-28(31)34-32;34-28(17-9-14-22-10-3-1-4-11-22)33-30-27(20-18-23-12-5-2-6-13-23)31-29-25-16-8-7-15-24(25)19-21-26(29)32-30;33-27(20-16-22-11-5-2-6-12-22)32-29-26(18-15-21-9-3-1-4-10-21)30-28-24-14-8-7-13-23(24)17-19-25(28)31-29;32-26(19-21-11-5-2-6-12-21)31-28-25(17-15-20-9-3-1-4-10-20)29-27-23-14-8-7-13-22(23)16-18-24(27)30-28/h1-16,18,20H,17,19,21H2,(H,34,35,36);1-8,10-13,15-16,18,20H,9,14,17,19,21H2,(H,32,33,34);1-15,18H,16-17,19-20H2,(H,31,32,33);1-15,17H,16,18-19H2,(H,30,31,32)/b18-15+;20-18+;18-15+;17-15+. The molecule has 0 aliphatic heterocycles. The molecule has 4 aliphatic rings. The predicted octanol–water partition coefficient (Wildman–Crippen LogP) is 24.7. The Hall–Kier alpha value is -16.7. The average Bonchev–Trinajstić information content (AvgIpc) is 0.787. The van der Waals surface area contributed by atoms with Crippen molar-refractivity contribution < 1.29 is 19.2 Å². The Morgan fingerprint density at radius 2 is 0.504 bits per heavy atom. The largest absolute Gasteiger partial charge is 0.309 e. The van der Waals surface area contributed by atoms with Gasteiger partial charge >= 0.3 is 0 Å². The molecule has 21 rings (SSSR count). The van der Waals surface area contributed by atoms with Crippen molar-refractivity contribution in [3.8, 4) is 45.0 Å². The average molecular weight is 1760 g/mol. The molecule has 0 fully saturated rings. The van der Waals surface area contributed by atoms with E-state index in [1.54, 1.807) is 0 Å². The summed E-state index contributed by atoms with van der Waals surface area (Å²) in [5.74, 6) is 1.78. The van der Waals surface area contributed by atoms with Crippen LogP contribution in [0.2, 0.25) is 0 Å². The van der Waals surface area contributed by atoms with E-state index in [4.69, 9.17) is 39.9 Å². The molecule has 4 N–H and O–H groups in total. The van der Waals surface area contributed by atoms with Gasteiger partial charge in [0, 0.05) is 35.1 Å². The Kier molecular flexibility index (Phi) is 28.8. The Labute approximate surface area is 787 Å². The minimum atomic E-state index is -0.106. The number of aromatic nitrogens is 8. The molecule has 4 heterocycles. The van der Waals surface area contributed by atoms with E-state index in [9.17, 15) is 19.2 Å². The third-order valence-corrected chi connectivity index (χ3v) is 24.1. The van der Waals surface area contributed by atoms with Crippen LogP contribution in [-0.4, -0.2) is 63.5 Å². The van der Waals surface area contributed by atoms with Crippen LogP contribution in [0.4, 0.5) is 23.3 Å². The number of carbonyl (C=O) groups is 4. The maximum Gasteiger partial charge on any atom is 0.230 e. The number of fused-ring (bicyclic) bond motifs is 13. The lowest BCUT2D eigenvalue weighted by Gasteiger charge is -2.20. The molecule has 0 spiro atoms. The summed E-state index contributed by atoms with van der Waals surface area (Å²) in [4.78, 5) is 90.9. The van der Waals surface area contributed by atoms with Gasteiger partial charge in [0.25, 0.3) is 0 Å². The number of benzene rings is 13. The van der Waals surface area contributed by atoms with Crippen molar-refractivity contribution in [2.45, 2.75) is 96.3 Å². The van der Waals surface area contributed by atoms with Gasteiger partial charge in [-0.3, -0.25) is 19.2 Å². The molecule has 660 valence electrons. The van der Waals surface area contributed by atoms with Crippen molar-refractivity contribution in [1.82, 2.24) is 39.9 Å². The van der Waals surface area contributed by atoms with Crippen molar-refractivity contribution >= 4 is 106 Å². The zero-order chi connectivity index (χ0) is 91.7. The maximum atomic E-state index is 13.1. The van der Waals surface area contributed by atoms with Crippen molar-refractivity contribution in [2.75, 3.05) is 21.3 Å². The summed E-state index contributed by atoms with van der Waals surface area (Å²) in [5, 5.41) is 14.4.